The second kappa shape index (κ2) is 7.51. The number of carbonyl (C=O) groups excluding carboxylic acids is 1. The lowest BCUT2D eigenvalue weighted by atomic mass is 10.2. The molecule has 2 N–H and O–H groups in total. The quantitative estimate of drug-likeness (QED) is 0.830. The van der Waals surface area contributed by atoms with E-state index in [0.717, 1.165) is 12.0 Å². The summed E-state index contributed by atoms with van der Waals surface area (Å²) >= 11 is 0. The molecule has 106 valence electrons. The number of urea groups is 1. The van der Waals surface area contributed by atoms with E-state index in [1.54, 1.807) is 14.2 Å². The minimum atomic E-state index is -0.163. The normalized spacial score (nSPS) is 11.6. The topological polar surface area (TPSA) is 59.6 Å². The van der Waals surface area contributed by atoms with E-state index in [0.29, 0.717) is 18.0 Å². The van der Waals surface area contributed by atoms with Gasteiger partial charge in [-0.05, 0) is 31.0 Å². The van der Waals surface area contributed by atoms with Gasteiger partial charge in [0.25, 0.3) is 0 Å². The highest BCUT2D eigenvalue weighted by molar-refractivity contribution is 5.74. The third-order valence-electron chi connectivity index (χ3n) is 2.89. The summed E-state index contributed by atoms with van der Waals surface area (Å²) in [5.41, 5.74) is 0.956. The zero-order chi connectivity index (χ0) is 14.3. The third-order valence-corrected chi connectivity index (χ3v) is 2.89. The van der Waals surface area contributed by atoms with Gasteiger partial charge in [-0.1, -0.05) is 13.0 Å². The summed E-state index contributed by atoms with van der Waals surface area (Å²) in [6, 6.07) is 5.57. The number of benzene rings is 1. The van der Waals surface area contributed by atoms with Crippen molar-refractivity contribution in [3.8, 4) is 11.5 Å². The SMILES string of the molecule is CCC(C)NC(=O)NCc1ccc(OC)c(OC)c1. The standard InChI is InChI=1S/C14H22N2O3/c1-5-10(2)16-14(17)15-9-11-6-7-12(18-3)13(8-11)19-4/h6-8,10H,5,9H2,1-4H3,(H2,15,16,17). The molecule has 0 bridgehead atoms. The summed E-state index contributed by atoms with van der Waals surface area (Å²) in [5, 5.41) is 5.65. The average molecular weight is 266 g/mol. The van der Waals surface area contributed by atoms with Crippen LogP contribution in [0.25, 0.3) is 0 Å². The Morgan fingerprint density at radius 1 is 1.26 bits per heavy atom. The van der Waals surface area contributed by atoms with Crippen molar-refractivity contribution in [1.29, 1.82) is 0 Å². The monoisotopic (exact) mass is 266 g/mol. The first-order valence-corrected chi connectivity index (χ1v) is 6.36. The van der Waals surface area contributed by atoms with Crippen molar-refractivity contribution in [3.63, 3.8) is 0 Å². The van der Waals surface area contributed by atoms with Gasteiger partial charge in [-0.15, -0.1) is 0 Å². The van der Waals surface area contributed by atoms with Crippen LogP contribution < -0.4 is 20.1 Å². The van der Waals surface area contributed by atoms with Crippen LogP contribution in [0.1, 0.15) is 25.8 Å². The number of ether oxygens (including phenoxy) is 2. The second-order valence-electron chi connectivity index (χ2n) is 4.33. The molecule has 1 unspecified atom stereocenters. The van der Waals surface area contributed by atoms with Crippen LogP contribution in [0.3, 0.4) is 0 Å². The predicted molar refractivity (Wildman–Crippen MR) is 74.7 cm³/mol. The van der Waals surface area contributed by atoms with Gasteiger partial charge in [0.1, 0.15) is 0 Å². The first kappa shape index (κ1) is 15.1. The van der Waals surface area contributed by atoms with Crippen molar-refractivity contribution >= 4 is 6.03 Å². The van der Waals surface area contributed by atoms with Gasteiger partial charge in [-0.25, -0.2) is 4.79 Å². The Balaban J connectivity index is 2.56. The number of nitrogens with one attached hydrogen (secondary N) is 2. The van der Waals surface area contributed by atoms with Gasteiger partial charge in [0.2, 0.25) is 0 Å². The van der Waals surface area contributed by atoms with Crippen molar-refractivity contribution < 1.29 is 14.3 Å². The Kier molecular flexibility index (Phi) is 5.99. The van der Waals surface area contributed by atoms with Gasteiger partial charge >= 0.3 is 6.03 Å². The van der Waals surface area contributed by atoms with Crippen LogP contribution in [0.5, 0.6) is 11.5 Å². The molecular weight excluding hydrogens is 244 g/mol. The fourth-order valence-corrected chi connectivity index (χ4v) is 1.55. The molecule has 1 aromatic rings. The minimum Gasteiger partial charge on any atom is -0.493 e. The van der Waals surface area contributed by atoms with E-state index in [1.807, 2.05) is 32.0 Å². The molecule has 0 aliphatic carbocycles. The fourth-order valence-electron chi connectivity index (χ4n) is 1.55. The van der Waals surface area contributed by atoms with Gasteiger partial charge in [0, 0.05) is 12.6 Å². The Hall–Kier alpha value is -1.91. The molecule has 5 heteroatoms. The highest BCUT2D eigenvalue weighted by Gasteiger charge is 2.07. The number of amides is 2. The molecule has 1 rings (SSSR count). The summed E-state index contributed by atoms with van der Waals surface area (Å²) in [4.78, 5) is 11.6. The molecule has 0 saturated heterocycles. The molecular formula is C14H22N2O3. The summed E-state index contributed by atoms with van der Waals surface area (Å²) in [6.07, 6.45) is 0.907. The maximum atomic E-state index is 11.6. The summed E-state index contributed by atoms with van der Waals surface area (Å²) in [6.45, 7) is 4.44. The minimum absolute atomic E-state index is 0.163. The molecule has 0 fully saturated rings. The van der Waals surface area contributed by atoms with Crippen LogP contribution in [-0.4, -0.2) is 26.3 Å². The molecule has 0 aliphatic rings. The molecule has 0 radical (unpaired) electrons. The zero-order valence-electron chi connectivity index (χ0n) is 11.9. The van der Waals surface area contributed by atoms with Crippen LogP contribution in [0.4, 0.5) is 4.79 Å². The van der Waals surface area contributed by atoms with E-state index in [2.05, 4.69) is 10.6 Å². The lowest BCUT2D eigenvalue weighted by molar-refractivity contribution is 0.237. The van der Waals surface area contributed by atoms with Gasteiger partial charge in [-0.3, -0.25) is 0 Å². The molecule has 1 atom stereocenters. The Labute approximate surface area is 114 Å². The molecule has 0 aromatic heterocycles. The lowest BCUT2D eigenvalue weighted by Crippen LogP contribution is -2.40. The molecule has 0 spiro atoms. The lowest BCUT2D eigenvalue weighted by Gasteiger charge is -2.13. The highest BCUT2D eigenvalue weighted by Crippen LogP contribution is 2.27. The van der Waals surface area contributed by atoms with Crippen LogP contribution in [0.15, 0.2) is 18.2 Å². The molecule has 2 amide bonds. The molecule has 0 heterocycles. The number of hydrogen-bond donors (Lipinski definition) is 2. The van der Waals surface area contributed by atoms with E-state index >= 15 is 0 Å². The maximum absolute atomic E-state index is 11.6. The first-order chi connectivity index (χ1) is 9.10. The van der Waals surface area contributed by atoms with Gasteiger partial charge in [0.05, 0.1) is 14.2 Å². The molecule has 0 saturated carbocycles. The van der Waals surface area contributed by atoms with Crippen LogP contribution in [-0.2, 0) is 6.54 Å². The van der Waals surface area contributed by atoms with E-state index in [4.69, 9.17) is 9.47 Å². The molecule has 19 heavy (non-hydrogen) atoms. The largest absolute Gasteiger partial charge is 0.493 e. The number of hydrogen-bond acceptors (Lipinski definition) is 3. The highest BCUT2D eigenvalue weighted by atomic mass is 16.5. The Bertz CT molecular complexity index is 421. The summed E-state index contributed by atoms with van der Waals surface area (Å²) in [7, 11) is 3.18. The van der Waals surface area contributed by atoms with Crippen LogP contribution in [0, 0.1) is 0 Å². The predicted octanol–water partition coefficient (Wildman–Crippen LogP) is 2.30. The van der Waals surface area contributed by atoms with E-state index in [9.17, 15) is 4.79 Å². The maximum Gasteiger partial charge on any atom is 0.315 e. The van der Waals surface area contributed by atoms with Crippen molar-refractivity contribution in [2.45, 2.75) is 32.9 Å². The molecule has 1 aromatic carbocycles. The fraction of sp³-hybridized carbons (Fsp3) is 0.500. The van der Waals surface area contributed by atoms with Gasteiger partial charge in [0.15, 0.2) is 11.5 Å². The Morgan fingerprint density at radius 3 is 2.53 bits per heavy atom. The van der Waals surface area contributed by atoms with Crippen LogP contribution >= 0.6 is 0 Å². The number of carbonyl (C=O) groups is 1. The molecule has 5 nitrogen and oxygen atoms in total. The van der Waals surface area contributed by atoms with E-state index in [1.165, 1.54) is 0 Å². The van der Waals surface area contributed by atoms with Crippen molar-refractivity contribution in [1.82, 2.24) is 10.6 Å². The summed E-state index contributed by atoms with van der Waals surface area (Å²) in [5.74, 6) is 1.33. The number of methoxy groups -OCH3 is 2. The third kappa shape index (κ3) is 4.69. The van der Waals surface area contributed by atoms with E-state index in [-0.39, 0.29) is 12.1 Å². The number of rotatable bonds is 6. The molecule has 0 aliphatic heterocycles. The van der Waals surface area contributed by atoms with Crippen LogP contribution in [0.2, 0.25) is 0 Å². The van der Waals surface area contributed by atoms with Gasteiger partial charge < -0.3 is 20.1 Å². The summed E-state index contributed by atoms with van der Waals surface area (Å²) < 4.78 is 10.4. The average Bonchev–Trinajstić information content (AvgIpc) is 2.44. The zero-order valence-corrected chi connectivity index (χ0v) is 11.9. The smallest absolute Gasteiger partial charge is 0.315 e. The van der Waals surface area contributed by atoms with Gasteiger partial charge in [-0.2, -0.15) is 0 Å². The van der Waals surface area contributed by atoms with Crippen molar-refractivity contribution in [2.75, 3.05) is 14.2 Å². The first-order valence-electron chi connectivity index (χ1n) is 6.36. The van der Waals surface area contributed by atoms with Crippen molar-refractivity contribution in [2.24, 2.45) is 0 Å². The van der Waals surface area contributed by atoms with E-state index < -0.39 is 0 Å². The Morgan fingerprint density at radius 2 is 1.95 bits per heavy atom. The second-order valence-corrected chi connectivity index (χ2v) is 4.33. The van der Waals surface area contributed by atoms with Crippen molar-refractivity contribution in [3.05, 3.63) is 23.8 Å².